The third-order valence-electron chi connectivity index (χ3n) is 5.01. The highest BCUT2D eigenvalue weighted by atomic mass is 79.9. The first-order chi connectivity index (χ1) is 9.33. The Balaban J connectivity index is 1.77. The minimum absolute atomic E-state index is 0.530. The quantitative estimate of drug-likeness (QED) is 0.650. The Morgan fingerprint density at radius 1 is 1.05 bits per heavy atom. The molecule has 0 aliphatic heterocycles. The molecule has 0 spiro atoms. The van der Waals surface area contributed by atoms with Crippen LogP contribution in [0.3, 0.4) is 0 Å². The first-order valence-corrected chi connectivity index (χ1v) is 8.42. The maximum absolute atomic E-state index is 3.95. The second-order valence-electron chi connectivity index (χ2n) is 6.15. The molecule has 0 nitrogen and oxygen atoms in total. The summed E-state index contributed by atoms with van der Waals surface area (Å²) in [6, 6.07) is 11.6. The zero-order valence-corrected chi connectivity index (χ0v) is 12.7. The van der Waals surface area contributed by atoms with Gasteiger partial charge in [-0.25, -0.2) is 0 Å². The van der Waals surface area contributed by atoms with Crippen LogP contribution in [-0.2, 0) is 12.8 Å². The molecule has 0 amide bonds. The Morgan fingerprint density at radius 3 is 2.58 bits per heavy atom. The van der Waals surface area contributed by atoms with Crippen LogP contribution in [0.5, 0.6) is 0 Å². The molecule has 0 bridgehead atoms. The summed E-state index contributed by atoms with van der Waals surface area (Å²) in [5.74, 6) is 0.951. The van der Waals surface area contributed by atoms with E-state index in [4.69, 9.17) is 0 Å². The Hall–Kier alpha value is -0.820. The second-order valence-corrected chi connectivity index (χ2v) is 7.26. The van der Waals surface area contributed by atoms with Crippen molar-refractivity contribution >= 4 is 26.7 Å². The van der Waals surface area contributed by atoms with Crippen LogP contribution in [-0.4, -0.2) is 0 Å². The van der Waals surface area contributed by atoms with E-state index in [0.29, 0.717) is 4.83 Å². The summed E-state index contributed by atoms with van der Waals surface area (Å²) in [5.41, 5.74) is 4.62. The van der Waals surface area contributed by atoms with E-state index in [9.17, 15) is 0 Å². The first-order valence-electron chi connectivity index (χ1n) is 7.50. The Bertz CT molecular complexity index is 615. The van der Waals surface area contributed by atoms with Gasteiger partial charge in [0.2, 0.25) is 0 Å². The van der Waals surface area contributed by atoms with Crippen molar-refractivity contribution in [1.29, 1.82) is 0 Å². The van der Waals surface area contributed by atoms with Crippen LogP contribution >= 0.6 is 15.9 Å². The average molecular weight is 315 g/mol. The average Bonchev–Trinajstić information content (AvgIpc) is 2.80. The number of halogens is 1. The fraction of sp³-hybridized carbons (Fsp3) is 0.444. The molecule has 19 heavy (non-hydrogen) atoms. The molecule has 0 heterocycles. The van der Waals surface area contributed by atoms with Crippen LogP contribution in [0.15, 0.2) is 30.3 Å². The lowest BCUT2D eigenvalue weighted by Crippen LogP contribution is -2.12. The summed E-state index contributed by atoms with van der Waals surface area (Å²) in [7, 11) is 0. The summed E-state index contributed by atoms with van der Waals surface area (Å²) in [6.07, 6.45) is 8.07. The summed E-state index contributed by atoms with van der Waals surface area (Å²) in [4.78, 5) is 0.530. The zero-order chi connectivity index (χ0) is 12.8. The van der Waals surface area contributed by atoms with Crippen molar-refractivity contribution in [2.24, 2.45) is 5.92 Å². The van der Waals surface area contributed by atoms with Crippen molar-refractivity contribution in [3.63, 3.8) is 0 Å². The summed E-state index contributed by atoms with van der Waals surface area (Å²) < 4.78 is 0. The molecule has 1 atom stereocenters. The SMILES string of the molecule is BrC(CC1CCC1)c1ccc2c3c(cccc13)CC2. The molecule has 0 radical (unpaired) electrons. The van der Waals surface area contributed by atoms with Gasteiger partial charge >= 0.3 is 0 Å². The summed E-state index contributed by atoms with van der Waals surface area (Å²) >= 11 is 3.95. The van der Waals surface area contributed by atoms with E-state index in [0.717, 1.165) is 5.92 Å². The molecule has 0 saturated heterocycles. The minimum Gasteiger partial charge on any atom is -0.0838 e. The van der Waals surface area contributed by atoms with E-state index in [1.807, 2.05) is 0 Å². The maximum atomic E-state index is 3.95. The summed E-state index contributed by atoms with van der Waals surface area (Å²) in [5, 5.41) is 3.05. The van der Waals surface area contributed by atoms with Crippen molar-refractivity contribution < 1.29 is 0 Å². The van der Waals surface area contributed by atoms with Gasteiger partial charge in [0.1, 0.15) is 0 Å². The van der Waals surface area contributed by atoms with Gasteiger partial charge in [0.25, 0.3) is 0 Å². The molecule has 2 aliphatic carbocycles. The summed E-state index contributed by atoms with van der Waals surface area (Å²) in [6.45, 7) is 0. The lowest BCUT2D eigenvalue weighted by Gasteiger charge is -2.28. The molecule has 1 fully saturated rings. The van der Waals surface area contributed by atoms with Crippen LogP contribution in [0.25, 0.3) is 10.8 Å². The number of hydrogen-bond acceptors (Lipinski definition) is 0. The molecule has 0 aromatic heterocycles. The largest absolute Gasteiger partial charge is 0.0838 e. The lowest BCUT2D eigenvalue weighted by molar-refractivity contribution is 0.296. The monoisotopic (exact) mass is 314 g/mol. The smallest absolute Gasteiger partial charge is 0.0404 e. The maximum Gasteiger partial charge on any atom is 0.0404 e. The molecule has 0 N–H and O–H groups in total. The number of hydrogen-bond donors (Lipinski definition) is 0. The van der Waals surface area contributed by atoms with Gasteiger partial charge < -0.3 is 0 Å². The van der Waals surface area contributed by atoms with Crippen molar-refractivity contribution in [3.8, 4) is 0 Å². The predicted molar refractivity (Wildman–Crippen MR) is 85.0 cm³/mol. The van der Waals surface area contributed by atoms with E-state index in [2.05, 4.69) is 46.3 Å². The molecular formula is C18H19Br. The molecule has 1 saturated carbocycles. The van der Waals surface area contributed by atoms with E-state index in [1.165, 1.54) is 49.5 Å². The highest BCUT2D eigenvalue weighted by Gasteiger charge is 2.24. The Morgan fingerprint density at radius 2 is 1.84 bits per heavy atom. The lowest BCUT2D eigenvalue weighted by atomic mass is 9.81. The molecule has 1 unspecified atom stereocenters. The van der Waals surface area contributed by atoms with E-state index < -0.39 is 0 Å². The normalized spacial score (nSPS) is 19.6. The topological polar surface area (TPSA) is 0 Å². The standard InChI is InChI=1S/C18H19Br/c19-17(11-12-3-1-4-12)15-10-9-14-8-7-13-5-2-6-16(15)18(13)14/h2,5-6,9-10,12,17H,1,3-4,7-8,11H2. The van der Waals surface area contributed by atoms with Gasteiger partial charge in [0.15, 0.2) is 0 Å². The number of rotatable bonds is 3. The van der Waals surface area contributed by atoms with Crippen LogP contribution in [0.4, 0.5) is 0 Å². The molecular weight excluding hydrogens is 296 g/mol. The van der Waals surface area contributed by atoms with Gasteiger partial charge in [-0.05, 0) is 52.6 Å². The van der Waals surface area contributed by atoms with Crippen LogP contribution in [0.2, 0.25) is 0 Å². The molecule has 2 aliphatic rings. The highest BCUT2D eigenvalue weighted by Crippen LogP contribution is 2.42. The molecule has 2 aromatic carbocycles. The number of alkyl halides is 1. The molecule has 4 rings (SSSR count). The van der Waals surface area contributed by atoms with Gasteiger partial charge in [0.05, 0.1) is 0 Å². The van der Waals surface area contributed by atoms with E-state index in [1.54, 1.807) is 16.5 Å². The van der Waals surface area contributed by atoms with Crippen molar-refractivity contribution in [1.82, 2.24) is 0 Å². The molecule has 98 valence electrons. The van der Waals surface area contributed by atoms with Gasteiger partial charge in [-0.3, -0.25) is 0 Å². The fourth-order valence-electron chi connectivity index (χ4n) is 3.69. The Labute approximate surface area is 123 Å². The van der Waals surface area contributed by atoms with Crippen molar-refractivity contribution in [2.45, 2.75) is 43.4 Å². The first kappa shape index (κ1) is 12.0. The zero-order valence-electron chi connectivity index (χ0n) is 11.2. The van der Waals surface area contributed by atoms with E-state index in [-0.39, 0.29) is 0 Å². The predicted octanol–water partition coefficient (Wildman–Crippen LogP) is 5.56. The third kappa shape index (κ3) is 1.94. The fourth-order valence-corrected chi connectivity index (χ4v) is 4.62. The van der Waals surface area contributed by atoms with Crippen LogP contribution in [0, 0.1) is 5.92 Å². The molecule has 1 heteroatoms. The van der Waals surface area contributed by atoms with Crippen molar-refractivity contribution in [2.75, 3.05) is 0 Å². The number of aryl methyl sites for hydroxylation is 2. The van der Waals surface area contributed by atoms with E-state index >= 15 is 0 Å². The van der Waals surface area contributed by atoms with Crippen LogP contribution in [0.1, 0.15) is 47.2 Å². The number of benzene rings is 2. The highest BCUT2D eigenvalue weighted by molar-refractivity contribution is 9.09. The van der Waals surface area contributed by atoms with Gasteiger partial charge in [-0.1, -0.05) is 65.5 Å². The Kier molecular flexibility index (Phi) is 2.91. The van der Waals surface area contributed by atoms with Crippen molar-refractivity contribution in [3.05, 3.63) is 47.0 Å². The molecule has 2 aromatic rings. The second kappa shape index (κ2) is 4.63. The minimum atomic E-state index is 0.530. The van der Waals surface area contributed by atoms with Gasteiger partial charge in [-0.2, -0.15) is 0 Å². The van der Waals surface area contributed by atoms with Gasteiger partial charge in [0, 0.05) is 4.83 Å². The van der Waals surface area contributed by atoms with Crippen LogP contribution < -0.4 is 0 Å². The van der Waals surface area contributed by atoms with Gasteiger partial charge in [-0.15, -0.1) is 0 Å². The third-order valence-corrected chi connectivity index (χ3v) is 5.88.